The first-order valence-electron chi connectivity index (χ1n) is 7.13. The van der Waals surface area contributed by atoms with Crippen LogP contribution in [0.25, 0.3) is 0 Å². The van der Waals surface area contributed by atoms with E-state index in [0.717, 1.165) is 25.9 Å². The highest BCUT2D eigenvalue weighted by molar-refractivity contribution is 5.75. The van der Waals surface area contributed by atoms with Crippen molar-refractivity contribution < 1.29 is 4.79 Å². The number of carbonyl (C=O) groups is 1. The second kappa shape index (κ2) is 5.64. The van der Waals surface area contributed by atoms with Crippen LogP contribution in [0.5, 0.6) is 0 Å². The predicted molar refractivity (Wildman–Crippen MR) is 78.3 cm³/mol. The predicted octanol–water partition coefficient (Wildman–Crippen LogP) is 3.16. The molecule has 1 atom stereocenters. The van der Waals surface area contributed by atoms with E-state index in [1.165, 1.54) is 5.56 Å². The molecule has 2 rings (SSSR count). The van der Waals surface area contributed by atoms with E-state index in [9.17, 15) is 4.79 Å². The number of hydrogen-bond acceptors (Lipinski definition) is 1. The van der Waals surface area contributed by atoms with Crippen LogP contribution in [0.3, 0.4) is 0 Å². The van der Waals surface area contributed by atoms with Gasteiger partial charge < -0.3 is 10.2 Å². The molecule has 1 fully saturated rings. The monoisotopic (exact) mass is 260 g/mol. The van der Waals surface area contributed by atoms with Crippen molar-refractivity contribution in [3.05, 3.63) is 35.9 Å². The number of hydrogen-bond donors (Lipinski definition) is 1. The summed E-state index contributed by atoms with van der Waals surface area (Å²) in [7, 11) is 0. The second-order valence-electron chi connectivity index (χ2n) is 5.95. The maximum absolute atomic E-state index is 12.1. The van der Waals surface area contributed by atoms with Crippen LogP contribution >= 0.6 is 0 Å². The molecule has 1 N–H and O–H groups in total. The van der Waals surface area contributed by atoms with Crippen LogP contribution in [0.2, 0.25) is 0 Å². The van der Waals surface area contributed by atoms with Crippen LogP contribution in [0.15, 0.2) is 30.3 Å². The van der Waals surface area contributed by atoms with Gasteiger partial charge in [0.05, 0.1) is 0 Å². The van der Waals surface area contributed by atoms with Gasteiger partial charge in [0.1, 0.15) is 0 Å². The van der Waals surface area contributed by atoms with Crippen molar-refractivity contribution in [2.24, 2.45) is 0 Å². The number of urea groups is 1. The first-order chi connectivity index (χ1) is 9.01. The van der Waals surface area contributed by atoms with Crippen LogP contribution in [0.4, 0.5) is 4.79 Å². The SMILES string of the molecule is CC(NC(=O)N1CCCC1)C(C)(C)c1ccccc1. The lowest BCUT2D eigenvalue weighted by atomic mass is 9.78. The van der Waals surface area contributed by atoms with Gasteiger partial charge in [-0.1, -0.05) is 44.2 Å². The lowest BCUT2D eigenvalue weighted by molar-refractivity contribution is 0.199. The standard InChI is InChI=1S/C16H24N2O/c1-13(17-15(19)18-11-7-8-12-18)16(2,3)14-9-5-4-6-10-14/h4-6,9-10,13H,7-8,11-12H2,1-3H3,(H,17,19). The minimum absolute atomic E-state index is 0.0728. The van der Waals surface area contributed by atoms with E-state index < -0.39 is 0 Å². The van der Waals surface area contributed by atoms with Gasteiger partial charge in [0.15, 0.2) is 0 Å². The molecule has 3 nitrogen and oxygen atoms in total. The molecule has 2 amide bonds. The Labute approximate surface area is 116 Å². The zero-order chi connectivity index (χ0) is 13.9. The van der Waals surface area contributed by atoms with E-state index in [1.807, 2.05) is 23.1 Å². The average molecular weight is 260 g/mol. The van der Waals surface area contributed by atoms with Gasteiger partial charge in [-0.2, -0.15) is 0 Å². The summed E-state index contributed by atoms with van der Waals surface area (Å²) in [6.45, 7) is 8.23. The largest absolute Gasteiger partial charge is 0.335 e. The van der Waals surface area contributed by atoms with Crippen molar-refractivity contribution >= 4 is 6.03 Å². The quantitative estimate of drug-likeness (QED) is 0.889. The summed E-state index contributed by atoms with van der Waals surface area (Å²) in [4.78, 5) is 14.1. The van der Waals surface area contributed by atoms with Crippen LogP contribution in [0, 0.1) is 0 Å². The fraction of sp³-hybridized carbons (Fsp3) is 0.562. The van der Waals surface area contributed by atoms with Crippen molar-refractivity contribution in [1.82, 2.24) is 10.2 Å². The van der Waals surface area contributed by atoms with Crippen molar-refractivity contribution in [3.63, 3.8) is 0 Å². The Hall–Kier alpha value is -1.51. The molecular weight excluding hydrogens is 236 g/mol. The molecule has 1 aromatic carbocycles. The summed E-state index contributed by atoms with van der Waals surface area (Å²) in [5.41, 5.74) is 1.18. The van der Waals surface area contributed by atoms with Gasteiger partial charge in [-0.15, -0.1) is 0 Å². The zero-order valence-electron chi connectivity index (χ0n) is 12.1. The third kappa shape index (κ3) is 3.09. The zero-order valence-corrected chi connectivity index (χ0v) is 12.1. The lowest BCUT2D eigenvalue weighted by Crippen LogP contribution is -2.49. The third-order valence-corrected chi connectivity index (χ3v) is 4.33. The smallest absolute Gasteiger partial charge is 0.317 e. The van der Waals surface area contributed by atoms with Crippen molar-refractivity contribution in [3.8, 4) is 0 Å². The molecular formula is C16H24N2O. The van der Waals surface area contributed by atoms with E-state index in [2.05, 4.69) is 38.2 Å². The highest BCUT2D eigenvalue weighted by Crippen LogP contribution is 2.27. The van der Waals surface area contributed by atoms with Crippen LogP contribution in [0.1, 0.15) is 39.2 Å². The molecule has 19 heavy (non-hydrogen) atoms. The first kappa shape index (κ1) is 13.9. The molecule has 0 saturated carbocycles. The molecule has 3 heteroatoms. The Balaban J connectivity index is 2.02. The number of amides is 2. The summed E-state index contributed by atoms with van der Waals surface area (Å²) in [5, 5.41) is 3.15. The molecule has 0 aromatic heterocycles. The highest BCUT2D eigenvalue weighted by atomic mass is 16.2. The van der Waals surface area contributed by atoms with Crippen LogP contribution in [-0.2, 0) is 5.41 Å². The third-order valence-electron chi connectivity index (χ3n) is 4.33. The van der Waals surface area contributed by atoms with Gasteiger partial charge >= 0.3 is 6.03 Å². The van der Waals surface area contributed by atoms with Crippen LogP contribution < -0.4 is 5.32 Å². The van der Waals surface area contributed by atoms with E-state index in [4.69, 9.17) is 0 Å². The van der Waals surface area contributed by atoms with Gasteiger partial charge in [-0.3, -0.25) is 0 Å². The maximum Gasteiger partial charge on any atom is 0.317 e. The Bertz CT molecular complexity index is 422. The molecule has 104 valence electrons. The summed E-state index contributed by atoms with van der Waals surface area (Å²) < 4.78 is 0. The highest BCUT2D eigenvalue weighted by Gasteiger charge is 2.30. The lowest BCUT2D eigenvalue weighted by Gasteiger charge is -2.34. The van der Waals surface area contributed by atoms with E-state index in [-0.39, 0.29) is 17.5 Å². The second-order valence-corrected chi connectivity index (χ2v) is 5.95. The molecule has 1 unspecified atom stereocenters. The van der Waals surface area contributed by atoms with E-state index >= 15 is 0 Å². The molecule has 1 heterocycles. The molecule has 1 saturated heterocycles. The molecule has 0 spiro atoms. The van der Waals surface area contributed by atoms with Crippen molar-refractivity contribution in [2.75, 3.05) is 13.1 Å². The Morgan fingerprint density at radius 2 is 1.79 bits per heavy atom. The van der Waals surface area contributed by atoms with Crippen molar-refractivity contribution in [1.29, 1.82) is 0 Å². The normalized spacial score (nSPS) is 17.3. The van der Waals surface area contributed by atoms with Gasteiger partial charge in [-0.25, -0.2) is 4.79 Å². The molecule has 0 radical (unpaired) electrons. The fourth-order valence-corrected chi connectivity index (χ4v) is 2.49. The Morgan fingerprint density at radius 3 is 2.37 bits per heavy atom. The van der Waals surface area contributed by atoms with Gasteiger partial charge in [0.2, 0.25) is 0 Å². The minimum atomic E-state index is -0.0728. The Kier molecular flexibility index (Phi) is 4.13. The summed E-state index contributed by atoms with van der Waals surface area (Å²) in [6.07, 6.45) is 2.26. The van der Waals surface area contributed by atoms with E-state index in [0.29, 0.717) is 0 Å². The first-order valence-corrected chi connectivity index (χ1v) is 7.13. The number of rotatable bonds is 3. The summed E-state index contributed by atoms with van der Waals surface area (Å²) in [5.74, 6) is 0. The fourth-order valence-electron chi connectivity index (χ4n) is 2.49. The molecule has 0 aliphatic carbocycles. The van der Waals surface area contributed by atoms with Crippen molar-refractivity contribution in [2.45, 2.75) is 45.1 Å². The number of carbonyl (C=O) groups excluding carboxylic acids is 1. The van der Waals surface area contributed by atoms with E-state index in [1.54, 1.807) is 0 Å². The number of benzene rings is 1. The molecule has 1 aliphatic rings. The molecule has 0 bridgehead atoms. The molecule has 1 aromatic rings. The van der Waals surface area contributed by atoms with Gasteiger partial charge in [0, 0.05) is 24.5 Å². The maximum atomic E-state index is 12.1. The van der Waals surface area contributed by atoms with Gasteiger partial charge in [0.25, 0.3) is 0 Å². The topological polar surface area (TPSA) is 32.3 Å². The number of nitrogens with zero attached hydrogens (tertiary/aromatic N) is 1. The minimum Gasteiger partial charge on any atom is -0.335 e. The average Bonchev–Trinajstić information content (AvgIpc) is 2.93. The number of likely N-dealkylation sites (tertiary alicyclic amines) is 1. The van der Waals surface area contributed by atoms with Gasteiger partial charge in [-0.05, 0) is 25.3 Å². The summed E-state index contributed by atoms with van der Waals surface area (Å²) >= 11 is 0. The van der Waals surface area contributed by atoms with Crippen LogP contribution in [-0.4, -0.2) is 30.1 Å². The number of nitrogens with one attached hydrogen (secondary N) is 1. The molecule has 1 aliphatic heterocycles. The Morgan fingerprint density at radius 1 is 1.21 bits per heavy atom. The summed E-state index contributed by atoms with van der Waals surface area (Å²) in [6, 6.07) is 10.5.